The molecule has 2 aromatic carbocycles. The highest BCUT2D eigenvalue weighted by molar-refractivity contribution is 7.89. The van der Waals surface area contributed by atoms with Crippen LogP contribution in [0.15, 0.2) is 47.4 Å². The van der Waals surface area contributed by atoms with Crippen molar-refractivity contribution < 1.29 is 18.0 Å². The monoisotopic (exact) mass is 533 g/mol. The molecule has 0 aliphatic rings. The fourth-order valence-electron chi connectivity index (χ4n) is 2.98. The van der Waals surface area contributed by atoms with E-state index in [-0.39, 0.29) is 23.4 Å². The highest BCUT2D eigenvalue weighted by Gasteiger charge is 2.30. The van der Waals surface area contributed by atoms with Crippen molar-refractivity contribution in [1.82, 2.24) is 14.5 Å². The molecule has 0 aromatic heterocycles. The van der Waals surface area contributed by atoms with E-state index in [1.165, 1.54) is 36.2 Å². The molecule has 0 spiro atoms. The molecular weight excluding hydrogens is 509 g/mol. The van der Waals surface area contributed by atoms with Crippen LogP contribution >= 0.6 is 34.8 Å². The van der Waals surface area contributed by atoms with Crippen LogP contribution in [0.4, 0.5) is 0 Å². The molecule has 0 saturated carbocycles. The molecule has 0 saturated heterocycles. The normalized spacial score (nSPS) is 12.6. The molecule has 0 bridgehead atoms. The minimum Gasteiger partial charge on any atom is -0.352 e. The van der Waals surface area contributed by atoms with Gasteiger partial charge in [-0.3, -0.25) is 9.59 Å². The molecule has 0 heterocycles. The zero-order chi connectivity index (χ0) is 24.9. The summed E-state index contributed by atoms with van der Waals surface area (Å²) in [5, 5.41) is 3.84. The summed E-state index contributed by atoms with van der Waals surface area (Å²) in [4.78, 5) is 27.2. The molecule has 180 valence electrons. The Hall–Kier alpha value is -1.84. The summed E-state index contributed by atoms with van der Waals surface area (Å²) in [5.74, 6) is -0.908. The number of sulfonamides is 1. The number of nitrogens with zero attached hydrogens (tertiary/aromatic N) is 2. The Balaban J connectivity index is 2.30. The zero-order valence-electron chi connectivity index (χ0n) is 18.7. The fourth-order valence-corrected chi connectivity index (χ4v) is 4.54. The van der Waals surface area contributed by atoms with E-state index in [1.54, 1.807) is 25.1 Å². The third kappa shape index (κ3) is 7.32. The highest BCUT2D eigenvalue weighted by atomic mass is 35.5. The van der Waals surface area contributed by atoms with Crippen LogP contribution in [0.3, 0.4) is 0 Å². The van der Waals surface area contributed by atoms with Crippen molar-refractivity contribution in [1.29, 1.82) is 0 Å². The standard InChI is InChI=1S/C22H26Cl3N3O4S/c1-14(2)26-22(30)15(3)28(12-16-5-10-19(24)20(25)11-16)21(29)13-27(4)33(31,32)18-8-6-17(23)7-9-18/h5-11,14-15H,12-13H2,1-4H3,(H,26,30). The van der Waals surface area contributed by atoms with Crippen molar-refractivity contribution in [2.75, 3.05) is 13.6 Å². The molecule has 0 aliphatic carbocycles. The Morgan fingerprint density at radius 3 is 2.12 bits per heavy atom. The van der Waals surface area contributed by atoms with Gasteiger partial charge in [0.05, 0.1) is 21.5 Å². The van der Waals surface area contributed by atoms with E-state index in [2.05, 4.69) is 5.32 Å². The van der Waals surface area contributed by atoms with Gasteiger partial charge >= 0.3 is 0 Å². The summed E-state index contributed by atoms with van der Waals surface area (Å²) in [5.41, 5.74) is 0.644. The van der Waals surface area contributed by atoms with Gasteiger partial charge in [-0.2, -0.15) is 4.31 Å². The van der Waals surface area contributed by atoms with E-state index < -0.39 is 28.5 Å². The lowest BCUT2D eigenvalue weighted by Gasteiger charge is -2.31. The molecule has 2 aromatic rings. The lowest BCUT2D eigenvalue weighted by atomic mass is 10.1. The molecule has 0 aliphatic heterocycles. The molecule has 11 heteroatoms. The smallest absolute Gasteiger partial charge is 0.243 e. The number of likely N-dealkylation sites (N-methyl/N-ethyl adjacent to an activating group) is 1. The Morgan fingerprint density at radius 1 is 0.970 bits per heavy atom. The topological polar surface area (TPSA) is 86.8 Å². The molecular formula is C22H26Cl3N3O4S. The number of halogens is 3. The van der Waals surface area contributed by atoms with Crippen LogP contribution in [-0.2, 0) is 26.2 Å². The van der Waals surface area contributed by atoms with E-state index in [1.807, 2.05) is 13.8 Å². The molecule has 2 amide bonds. The minimum atomic E-state index is -3.95. The van der Waals surface area contributed by atoms with Gasteiger partial charge in [0.15, 0.2) is 0 Å². The number of benzene rings is 2. The summed E-state index contributed by atoms with van der Waals surface area (Å²) in [6.07, 6.45) is 0. The van der Waals surface area contributed by atoms with E-state index in [0.717, 1.165) is 4.31 Å². The predicted octanol–water partition coefficient (Wildman–Crippen LogP) is 4.21. The molecule has 2 rings (SSSR count). The summed E-state index contributed by atoms with van der Waals surface area (Å²) >= 11 is 17.9. The van der Waals surface area contributed by atoms with E-state index in [9.17, 15) is 18.0 Å². The quantitative estimate of drug-likeness (QED) is 0.522. The lowest BCUT2D eigenvalue weighted by Crippen LogP contribution is -2.51. The number of hydrogen-bond acceptors (Lipinski definition) is 4. The number of rotatable bonds is 9. The highest BCUT2D eigenvalue weighted by Crippen LogP contribution is 2.24. The number of carbonyl (C=O) groups excluding carboxylic acids is 2. The zero-order valence-corrected chi connectivity index (χ0v) is 21.8. The van der Waals surface area contributed by atoms with Gasteiger partial charge < -0.3 is 10.2 Å². The maximum Gasteiger partial charge on any atom is 0.243 e. The predicted molar refractivity (Wildman–Crippen MR) is 131 cm³/mol. The molecule has 1 unspecified atom stereocenters. The first-order valence-corrected chi connectivity index (χ1v) is 12.7. The van der Waals surface area contributed by atoms with Gasteiger partial charge in [-0.05, 0) is 62.7 Å². The van der Waals surface area contributed by atoms with E-state index in [4.69, 9.17) is 34.8 Å². The largest absolute Gasteiger partial charge is 0.352 e. The summed E-state index contributed by atoms with van der Waals surface area (Å²) in [7, 11) is -2.64. The van der Waals surface area contributed by atoms with Gasteiger partial charge in [-0.15, -0.1) is 0 Å². The van der Waals surface area contributed by atoms with Crippen LogP contribution in [0.25, 0.3) is 0 Å². The van der Waals surface area contributed by atoms with Crippen molar-refractivity contribution in [3.05, 3.63) is 63.1 Å². The van der Waals surface area contributed by atoms with Crippen molar-refractivity contribution >= 4 is 56.6 Å². The third-order valence-corrected chi connectivity index (χ3v) is 7.62. The second-order valence-electron chi connectivity index (χ2n) is 7.82. The average Bonchev–Trinajstić information content (AvgIpc) is 2.73. The first-order chi connectivity index (χ1) is 15.3. The lowest BCUT2D eigenvalue weighted by molar-refractivity contribution is -0.140. The molecule has 0 fully saturated rings. The third-order valence-electron chi connectivity index (χ3n) is 4.81. The fraction of sp³-hybridized carbons (Fsp3) is 0.364. The Bertz CT molecular complexity index is 1110. The van der Waals surface area contributed by atoms with Crippen molar-refractivity contribution in [2.45, 2.75) is 44.3 Å². The number of carbonyl (C=O) groups is 2. The molecule has 1 N–H and O–H groups in total. The van der Waals surface area contributed by atoms with Gasteiger partial charge in [-0.1, -0.05) is 40.9 Å². The molecule has 33 heavy (non-hydrogen) atoms. The number of hydrogen-bond donors (Lipinski definition) is 1. The SMILES string of the molecule is CC(C)NC(=O)C(C)N(Cc1ccc(Cl)c(Cl)c1)C(=O)CN(C)S(=O)(=O)c1ccc(Cl)cc1. The van der Waals surface area contributed by atoms with Gasteiger partial charge in [-0.25, -0.2) is 8.42 Å². The van der Waals surface area contributed by atoms with Gasteiger partial charge in [0.1, 0.15) is 6.04 Å². The van der Waals surface area contributed by atoms with Crippen LogP contribution < -0.4 is 5.32 Å². The van der Waals surface area contributed by atoms with Gasteiger partial charge in [0.2, 0.25) is 21.8 Å². The first kappa shape index (κ1) is 27.4. The number of amides is 2. The summed E-state index contributed by atoms with van der Waals surface area (Å²) in [6.45, 7) is 4.77. The minimum absolute atomic E-state index is 0.00355. The van der Waals surface area contributed by atoms with Crippen LogP contribution in [0.2, 0.25) is 15.1 Å². The second kappa shape index (κ2) is 11.5. The summed E-state index contributed by atoms with van der Waals surface area (Å²) in [6, 6.07) is 9.54. The molecule has 1 atom stereocenters. The van der Waals surface area contributed by atoms with Crippen LogP contribution in [0.5, 0.6) is 0 Å². The van der Waals surface area contributed by atoms with Crippen molar-refractivity contribution in [3.63, 3.8) is 0 Å². The van der Waals surface area contributed by atoms with Gasteiger partial charge in [0.25, 0.3) is 0 Å². The summed E-state index contributed by atoms with van der Waals surface area (Å²) < 4.78 is 26.7. The van der Waals surface area contributed by atoms with E-state index in [0.29, 0.717) is 20.6 Å². The maximum absolute atomic E-state index is 13.2. The Morgan fingerprint density at radius 2 is 1.58 bits per heavy atom. The number of nitrogens with one attached hydrogen (secondary N) is 1. The first-order valence-electron chi connectivity index (χ1n) is 10.1. The average molecular weight is 535 g/mol. The molecule has 0 radical (unpaired) electrons. The Kier molecular flexibility index (Phi) is 9.58. The molecule has 7 nitrogen and oxygen atoms in total. The van der Waals surface area contributed by atoms with Crippen LogP contribution in [0, 0.1) is 0 Å². The second-order valence-corrected chi connectivity index (χ2v) is 11.1. The maximum atomic E-state index is 13.2. The van der Waals surface area contributed by atoms with Crippen LogP contribution in [0.1, 0.15) is 26.3 Å². The van der Waals surface area contributed by atoms with Gasteiger partial charge in [0, 0.05) is 24.7 Å². The van der Waals surface area contributed by atoms with Crippen LogP contribution in [-0.4, -0.2) is 55.1 Å². The Labute approximate surface area is 209 Å². The van der Waals surface area contributed by atoms with E-state index >= 15 is 0 Å². The van der Waals surface area contributed by atoms with Crippen molar-refractivity contribution in [2.24, 2.45) is 0 Å². The van der Waals surface area contributed by atoms with Crippen molar-refractivity contribution in [3.8, 4) is 0 Å².